The first-order valence-corrected chi connectivity index (χ1v) is 8.37. The lowest BCUT2D eigenvalue weighted by atomic mass is 9.82. The Kier molecular flexibility index (Phi) is 4.02. The highest BCUT2D eigenvalue weighted by Gasteiger charge is 2.27. The predicted octanol–water partition coefficient (Wildman–Crippen LogP) is 5.00. The van der Waals surface area contributed by atoms with Crippen LogP contribution < -0.4 is 0 Å². The van der Waals surface area contributed by atoms with E-state index in [2.05, 4.69) is 30.5 Å². The zero-order valence-electron chi connectivity index (χ0n) is 11.9. The van der Waals surface area contributed by atoms with Crippen LogP contribution in [-0.2, 0) is 12.8 Å². The molecule has 0 N–H and O–H groups in total. The van der Waals surface area contributed by atoms with Crippen molar-refractivity contribution in [3.8, 4) is 0 Å². The summed E-state index contributed by atoms with van der Waals surface area (Å²) in [6, 6.07) is 10.4. The van der Waals surface area contributed by atoms with Crippen LogP contribution in [0.15, 0.2) is 35.7 Å². The van der Waals surface area contributed by atoms with E-state index in [0.717, 1.165) is 37.7 Å². The van der Waals surface area contributed by atoms with Crippen LogP contribution in [0.2, 0.25) is 0 Å². The molecular weight excluding hydrogens is 264 g/mol. The summed E-state index contributed by atoms with van der Waals surface area (Å²) >= 11 is 1.80. The van der Waals surface area contributed by atoms with E-state index in [0.29, 0.717) is 5.78 Å². The summed E-state index contributed by atoms with van der Waals surface area (Å²) in [6.07, 6.45) is 5.52. The molecule has 0 saturated heterocycles. The minimum Gasteiger partial charge on any atom is -0.293 e. The lowest BCUT2D eigenvalue weighted by Gasteiger charge is -2.21. The van der Waals surface area contributed by atoms with Gasteiger partial charge in [0, 0.05) is 16.4 Å². The van der Waals surface area contributed by atoms with Crippen molar-refractivity contribution in [2.75, 3.05) is 0 Å². The van der Waals surface area contributed by atoms with Crippen LogP contribution in [0, 0.1) is 0 Å². The average Bonchev–Trinajstić information content (AvgIpc) is 2.96. The Labute approximate surface area is 124 Å². The van der Waals surface area contributed by atoms with Crippen LogP contribution in [0.25, 0.3) is 0 Å². The molecule has 104 valence electrons. The normalized spacial score (nSPS) is 17.8. The number of benzene rings is 1. The second-order valence-corrected chi connectivity index (χ2v) is 6.56. The number of hydrogen-bond acceptors (Lipinski definition) is 2. The molecule has 1 aromatic heterocycles. The minimum absolute atomic E-state index is 0.0852. The van der Waals surface area contributed by atoms with Gasteiger partial charge in [-0.1, -0.05) is 37.6 Å². The van der Waals surface area contributed by atoms with Crippen molar-refractivity contribution >= 4 is 17.1 Å². The van der Waals surface area contributed by atoms with E-state index in [9.17, 15) is 4.79 Å². The number of aryl methyl sites for hydroxylation is 2. The molecule has 1 nitrogen and oxygen atoms in total. The SMILES string of the molecule is CCCc1ccc(C(=O)C2CCCc3sccc32)cc1. The molecule has 2 aromatic rings. The van der Waals surface area contributed by atoms with Crippen molar-refractivity contribution in [3.05, 3.63) is 57.3 Å². The topological polar surface area (TPSA) is 17.1 Å². The lowest BCUT2D eigenvalue weighted by Crippen LogP contribution is -2.17. The van der Waals surface area contributed by atoms with Crippen molar-refractivity contribution < 1.29 is 4.79 Å². The second-order valence-electron chi connectivity index (χ2n) is 5.56. The number of thiophene rings is 1. The Balaban J connectivity index is 1.83. The van der Waals surface area contributed by atoms with E-state index in [1.54, 1.807) is 11.3 Å². The summed E-state index contributed by atoms with van der Waals surface area (Å²) in [5.41, 5.74) is 3.47. The number of ketones is 1. The highest BCUT2D eigenvalue weighted by atomic mass is 32.1. The Morgan fingerprint density at radius 3 is 2.80 bits per heavy atom. The van der Waals surface area contributed by atoms with E-state index < -0.39 is 0 Å². The Morgan fingerprint density at radius 2 is 2.05 bits per heavy atom. The van der Waals surface area contributed by atoms with Crippen molar-refractivity contribution in [1.82, 2.24) is 0 Å². The number of hydrogen-bond donors (Lipinski definition) is 0. The number of rotatable bonds is 4. The first kappa shape index (κ1) is 13.6. The van der Waals surface area contributed by atoms with Crippen LogP contribution >= 0.6 is 11.3 Å². The maximum absolute atomic E-state index is 12.7. The third-order valence-corrected chi connectivity index (χ3v) is 5.14. The molecule has 20 heavy (non-hydrogen) atoms. The number of fused-ring (bicyclic) bond motifs is 1. The molecule has 1 aliphatic rings. The fraction of sp³-hybridized carbons (Fsp3) is 0.389. The van der Waals surface area contributed by atoms with Crippen LogP contribution in [0.5, 0.6) is 0 Å². The quantitative estimate of drug-likeness (QED) is 0.722. The monoisotopic (exact) mass is 284 g/mol. The van der Waals surface area contributed by atoms with E-state index >= 15 is 0 Å². The fourth-order valence-electron chi connectivity index (χ4n) is 3.08. The van der Waals surface area contributed by atoms with Gasteiger partial charge in [-0.15, -0.1) is 11.3 Å². The van der Waals surface area contributed by atoms with Gasteiger partial charge in [0.2, 0.25) is 0 Å². The molecule has 0 fully saturated rings. The second kappa shape index (κ2) is 5.92. The van der Waals surface area contributed by atoms with Crippen molar-refractivity contribution in [2.24, 2.45) is 0 Å². The van der Waals surface area contributed by atoms with Crippen LogP contribution in [0.1, 0.15) is 58.5 Å². The maximum Gasteiger partial charge on any atom is 0.170 e. The molecule has 0 spiro atoms. The average molecular weight is 284 g/mol. The zero-order chi connectivity index (χ0) is 13.9. The summed E-state index contributed by atoms with van der Waals surface area (Å²) in [4.78, 5) is 14.1. The lowest BCUT2D eigenvalue weighted by molar-refractivity contribution is 0.0951. The van der Waals surface area contributed by atoms with Crippen LogP contribution in [0.3, 0.4) is 0 Å². The van der Waals surface area contributed by atoms with Gasteiger partial charge in [-0.3, -0.25) is 4.79 Å². The summed E-state index contributed by atoms with van der Waals surface area (Å²) in [6.45, 7) is 2.18. The van der Waals surface area contributed by atoms with Gasteiger partial charge in [0.05, 0.1) is 0 Å². The molecule has 3 rings (SSSR count). The van der Waals surface area contributed by atoms with Gasteiger partial charge in [0.1, 0.15) is 0 Å². The molecule has 0 bridgehead atoms. The molecule has 2 heteroatoms. The van der Waals surface area contributed by atoms with Gasteiger partial charge < -0.3 is 0 Å². The molecule has 1 aromatic carbocycles. The Morgan fingerprint density at radius 1 is 1.25 bits per heavy atom. The molecule has 0 amide bonds. The van der Waals surface area contributed by atoms with E-state index in [1.807, 2.05) is 12.1 Å². The summed E-state index contributed by atoms with van der Waals surface area (Å²) in [5.74, 6) is 0.384. The molecule has 0 saturated carbocycles. The Hall–Kier alpha value is -1.41. The first-order chi connectivity index (χ1) is 9.79. The molecule has 0 radical (unpaired) electrons. The van der Waals surface area contributed by atoms with Gasteiger partial charge in [0.25, 0.3) is 0 Å². The number of carbonyl (C=O) groups excluding carboxylic acids is 1. The fourth-order valence-corrected chi connectivity index (χ4v) is 4.07. The van der Waals surface area contributed by atoms with E-state index in [4.69, 9.17) is 0 Å². The van der Waals surface area contributed by atoms with E-state index in [1.165, 1.54) is 16.0 Å². The third-order valence-electron chi connectivity index (χ3n) is 4.15. The third kappa shape index (κ3) is 2.57. The van der Waals surface area contributed by atoms with Gasteiger partial charge in [-0.05, 0) is 48.3 Å². The summed E-state index contributed by atoms with van der Waals surface area (Å²) in [7, 11) is 0. The summed E-state index contributed by atoms with van der Waals surface area (Å²) in [5, 5.41) is 2.13. The largest absolute Gasteiger partial charge is 0.293 e. The van der Waals surface area contributed by atoms with Gasteiger partial charge in [0.15, 0.2) is 5.78 Å². The molecule has 1 atom stereocenters. The van der Waals surface area contributed by atoms with Crippen LogP contribution in [-0.4, -0.2) is 5.78 Å². The number of carbonyl (C=O) groups is 1. The van der Waals surface area contributed by atoms with Gasteiger partial charge in [-0.2, -0.15) is 0 Å². The van der Waals surface area contributed by atoms with Crippen molar-refractivity contribution in [1.29, 1.82) is 0 Å². The smallest absolute Gasteiger partial charge is 0.170 e. The molecule has 1 unspecified atom stereocenters. The van der Waals surface area contributed by atoms with Gasteiger partial charge >= 0.3 is 0 Å². The van der Waals surface area contributed by atoms with E-state index in [-0.39, 0.29) is 5.92 Å². The van der Waals surface area contributed by atoms with Crippen molar-refractivity contribution in [3.63, 3.8) is 0 Å². The van der Waals surface area contributed by atoms with Crippen molar-refractivity contribution in [2.45, 2.75) is 44.9 Å². The Bertz CT molecular complexity index is 594. The molecule has 1 heterocycles. The highest BCUT2D eigenvalue weighted by Crippen LogP contribution is 2.36. The molecule has 0 aliphatic heterocycles. The highest BCUT2D eigenvalue weighted by molar-refractivity contribution is 7.10. The molecular formula is C18H20OS. The van der Waals surface area contributed by atoms with Gasteiger partial charge in [-0.25, -0.2) is 0 Å². The standard InChI is InChI=1S/C18H20OS/c1-2-4-13-7-9-14(10-8-13)18(19)16-5-3-6-17-15(16)11-12-20-17/h7-12,16H,2-6H2,1H3. The predicted molar refractivity (Wildman–Crippen MR) is 84.8 cm³/mol. The summed E-state index contributed by atoms with van der Waals surface area (Å²) < 4.78 is 0. The number of Topliss-reactive ketones (excluding diaryl/α,β-unsaturated/α-hetero) is 1. The maximum atomic E-state index is 12.7. The zero-order valence-corrected chi connectivity index (χ0v) is 12.7. The molecule has 1 aliphatic carbocycles. The minimum atomic E-state index is 0.0852. The van der Waals surface area contributed by atoms with Crippen LogP contribution in [0.4, 0.5) is 0 Å². The first-order valence-electron chi connectivity index (χ1n) is 7.49.